The van der Waals surface area contributed by atoms with Crippen LogP contribution in [-0.4, -0.2) is 49.3 Å². The van der Waals surface area contributed by atoms with Gasteiger partial charge in [0.2, 0.25) is 0 Å². The lowest BCUT2D eigenvalue weighted by molar-refractivity contribution is 0.242. The van der Waals surface area contributed by atoms with Gasteiger partial charge in [0.25, 0.3) is 0 Å². The standard InChI is InChI=1S/C84H87N3O9/c1-82(2,3)73-16-10-13-19-76(73)85-43-55-22-28-58(29-23-55)52-94-79-67(46-88)37-64(38-68(79)47-89)61-34-62(65-39-69(48-90)80(70(40-65)49-91)95-53-59-30-24-56(25-31-59)44-86-77-20-14-11-17-74(77)83(4,5)6)36-63(35-61)66-41-71(50-92)81(72(42-66)51-93)96-54-60-32-26-57(27-33-60)45-87-78-21-15-12-18-75(78)84(7,8)9/h10-45,88-93H,46-54H2,1-9H3. The highest BCUT2D eigenvalue weighted by Crippen LogP contribution is 2.42. The van der Waals surface area contributed by atoms with Crippen molar-refractivity contribution in [3.8, 4) is 50.6 Å². The lowest BCUT2D eigenvalue weighted by Gasteiger charge is -2.20. The van der Waals surface area contributed by atoms with Gasteiger partial charge in [-0.1, -0.05) is 190 Å². The second kappa shape index (κ2) is 30.8. The number of benzene rings is 10. The van der Waals surface area contributed by atoms with E-state index in [4.69, 9.17) is 29.2 Å². The van der Waals surface area contributed by atoms with Crippen LogP contribution in [0.1, 0.15) is 146 Å². The third-order valence-corrected chi connectivity index (χ3v) is 17.0. The minimum atomic E-state index is -0.396. The molecular weight excluding hydrogens is 1190 g/mol. The predicted octanol–water partition coefficient (Wildman–Crippen LogP) is 17.5. The van der Waals surface area contributed by atoms with Gasteiger partial charge in [-0.15, -0.1) is 0 Å². The minimum Gasteiger partial charge on any atom is -0.488 e. The number of rotatable bonds is 24. The average molecular weight is 1280 g/mol. The van der Waals surface area contributed by atoms with Crippen LogP contribution in [0.3, 0.4) is 0 Å². The van der Waals surface area contributed by atoms with Gasteiger partial charge in [0.1, 0.15) is 37.1 Å². The fourth-order valence-electron chi connectivity index (χ4n) is 11.8. The molecule has 10 aromatic carbocycles. The fourth-order valence-corrected chi connectivity index (χ4v) is 11.8. The van der Waals surface area contributed by atoms with E-state index in [1.165, 1.54) is 0 Å². The van der Waals surface area contributed by atoms with Crippen molar-refractivity contribution in [1.82, 2.24) is 0 Å². The average Bonchev–Trinajstić information content (AvgIpc) is 0.777. The molecule has 0 amide bonds. The molecule has 0 heterocycles. The minimum absolute atomic E-state index is 0.0652. The van der Waals surface area contributed by atoms with Crippen LogP contribution in [0.5, 0.6) is 17.2 Å². The van der Waals surface area contributed by atoms with Gasteiger partial charge in [-0.05, 0) is 172 Å². The highest BCUT2D eigenvalue weighted by Gasteiger charge is 2.23. The molecule has 0 aliphatic rings. The molecule has 96 heavy (non-hydrogen) atoms. The van der Waals surface area contributed by atoms with Gasteiger partial charge in [-0.25, -0.2) is 0 Å². The van der Waals surface area contributed by atoms with E-state index < -0.39 is 39.6 Å². The molecule has 12 nitrogen and oxygen atoms in total. The fraction of sp³-hybridized carbons (Fsp3) is 0.250. The Morgan fingerprint density at radius 1 is 0.281 bits per heavy atom. The maximum atomic E-state index is 11.0. The van der Waals surface area contributed by atoms with Crippen LogP contribution in [0.4, 0.5) is 17.1 Å². The lowest BCUT2D eigenvalue weighted by atomic mass is 9.86. The zero-order valence-corrected chi connectivity index (χ0v) is 56.4. The monoisotopic (exact) mass is 1280 g/mol. The molecule has 0 aromatic heterocycles. The first-order valence-electron chi connectivity index (χ1n) is 32.5. The van der Waals surface area contributed by atoms with Crippen molar-refractivity contribution in [1.29, 1.82) is 0 Å². The molecule has 0 unspecified atom stereocenters. The number of aliphatic hydroxyl groups is 6. The number of hydrogen-bond acceptors (Lipinski definition) is 12. The summed E-state index contributed by atoms with van der Waals surface area (Å²) in [6.07, 6.45) is 5.56. The Morgan fingerprint density at radius 2 is 0.490 bits per heavy atom. The van der Waals surface area contributed by atoms with Crippen LogP contribution in [0.25, 0.3) is 33.4 Å². The molecule has 0 radical (unpaired) electrons. The molecule has 0 aliphatic carbocycles. The normalized spacial score (nSPS) is 12.2. The van der Waals surface area contributed by atoms with E-state index in [1.54, 1.807) is 0 Å². The van der Waals surface area contributed by atoms with Gasteiger partial charge in [-0.3, -0.25) is 15.0 Å². The highest BCUT2D eigenvalue weighted by molar-refractivity contribution is 5.86. The maximum Gasteiger partial charge on any atom is 0.130 e. The number of para-hydroxylation sites is 3. The second-order valence-corrected chi connectivity index (χ2v) is 27.3. The van der Waals surface area contributed by atoms with Crippen LogP contribution >= 0.6 is 0 Å². The molecule has 10 rings (SSSR count). The number of nitrogens with zero attached hydrogens (tertiary/aromatic N) is 3. The number of ether oxygens (including phenoxy) is 3. The number of aliphatic hydroxyl groups excluding tert-OH is 6. The van der Waals surface area contributed by atoms with E-state index in [1.807, 2.05) is 201 Å². The summed E-state index contributed by atoms with van der Waals surface area (Å²) in [5.41, 5.74) is 18.2. The van der Waals surface area contributed by atoms with Gasteiger partial charge >= 0.3 is 0 Å². The highest BCUT2D eigenvalue weighted by atomic mass is 16.5. The van der Waals surface area contributed by atoms with E-state index >= 15 is 0 Å². The summed E-state index contributed by atoms with van der Waals surface area (Å²) < 4.78 is 19.4. The summed E-state index contributed by atoms with van der Waals surface area (Å²) in [7, 11) is 0. The van der Waals surface area contributed by atoms with Crippen molar-refractivity contribution >= 4 is 35.7 Å². The molecular formula is C84H87N3O9. The SMILES string of the molecule is CC(C)(C)c1ccccc1N=Cc1ccc(COc2c(CO)cc(-c3cc(-c4cc(CO)c(OCc5ccc(C=Nc6ccccc6C(C)(C)C)cc5)c(CO)c4)cc(-c4cc(CO)c(OCc5ccc(C=Nc6ccccc6C(C)(C)C)cc5)c(CO)c4)c3)cc2CO)cc1. The molecule has 0 fully saturated rings. The molecule has 0 bridgehead atoms. The van der Waals surface area contributed by atoms with Crippen molar-refractivity contribution in [2.45, 2.75) is 138 Å². The van der Waals surface area contributed by atoms with Gasteiger partial charge in [0.05, 0.1) is 56.7 Å². The first-order valence-corrected chi connectivity index (χ1v) is 32.5. The summed E-state index contributed by atoms with van der Waals surface area (Å²) in [6.45, 7) is 17.7. The molecule has 492 valence electrons. The smallest absolute Gasteiger partial charge is 0.130 e. The Bertz CT molecular complexity index is 3880. The van der Waals surface area contributed by atoms with E-state index in [0.717, 1.165) is 67.1 Å². The Hall–Kier alpha value is -9.63. The molecule has 12 heteroatoms. The quantitative estimate of drug-likeness (QED) is 0.0320. The molecule has 0 aliphatic heterocycles. The lowest BCUT2D eigenvalue weighted by Crippen LogP contribution is -2.11. The molecule has 0 saturated carbocycles. The van der Waals surface area contributed by atoms with Crippen molar-refractivity contribution < 1.29 is 44.8 Å². The summed E-state index contributed by atoms with van der Waals surface area (Å²) in [5.74, 6) is 1.09. The molecule has 10 aromatic rings. The van der Waals surface area contributed by atoms with Gasteiger partial charge in [0, 0.05) is 52.0 Å². The van der Waals surface area contributed by atoms with Crippen molar-refractivity contribution in [3.05, 3.63) is 284 Å². The van der Waals surface area contributed by atoms with E-state index in [2.05, 4.69) is 80.5 Å². The third kappa shape index (κ3) is 17.1. The molecule has 0 saturated heterocycles. The van der Waals surface area contributed by atoms with Crippen LogP contribution in [0.2, 0.25) is 0 Å². The molecule has 6 N–H and O–H groups in total. The Morgan fingerprint density at radius 3 is 0.698 bits per heavy atom. The third-order valence-electron chi connectivity index (χ3n) is 17.0. The van der Waals surface area contributed by atoms with Crippen LogP contribution < -0.4 is 14.2 Å². The van der Waals surface area contributed by atoms with Crippen LogP contribution in [0.15, 0.2) is 215 Å². The van der Waals surface area contributed by atoms with Crippen molar-refractivity contribution in [3.63, 3.8) is 0 Å². The summed E-state index contributed by atoms with van der Waals surface area (Å²) in [6, 6.07) is 65.1. The van der Waals surface area contributed by atoms with E-state index in [9.17, 15) is 30.6 Å². The Kier molecular flexibility index (Phi) is 22.2. The first kappa shape index (κ1) is 69.2. The summed E-state index contributed by atoms with van der Waals surface area (Å²) in [5, 5.41) is 66.3. The molecule has 0 spiro atoms. The second-order valence-electron chi connectivity index (χ2n) is 27.3. The zero-order chi connectivity index (χ0) is 68.2. The summed E-state index contributed by atoms with van der Waals surface area (Å²) >= 11 is 0. The van der Waals surface area contributed by atoms with Crippen LogP contribution in [-0.2, 0) is 75.7 Å². The van der Waals surface area contributed by atoms with Crippen molar-refractivity contribution in [2.75, 3.05) is 0 Å². The van der Waals surface area contributed by atoms with Gasteiger partial charge in [0.15, 0.2) is 0 Å². The number of hydrogen-bond donors (Lipinski definition) is 6. The van der Waals surface area contributed by atoms with E-state index in [-0.39, 0.29) is 36.1 Å². The van der Waals surface area contributed by atoms with Crippen molar-refractivity contribution in [2.24, 2.45) is 15.0 Å². The van der Waals surface area contributed by atoms with E-state index in [0.29, 0.717) is 84.0 Å². The maximum absolute atomic E-state index is 11.0. The summed E-state index contributed by atoms with van der Waals surface area (Å²) in [4.78, 5) is 14.5. The van der Waals surface area contributed by atoms with Crippen LogP contribution in [0, 0.1) is 0 Å². The van der Waals surface area contributed by atoms with Gasteiger partial charge in [-0.2, -0.15) is 0 Å². The number of aliphatic imine (C=N–C) groups is 3. The first-order chi connectivity index (χ1) is 46.2. The Balaban J connectivity index is 0.958. The molecule has 0 atom stereocenters. The largest absolute Gasteiger partial charge is 0.488 e. The topological polar surface area (TPSA) is 186 Å². The predicted molar refractivity (Wildman–Crippen MR) is 388 cm³/mol. The zero-order valence-electron chi connectivity index (χ0n) is 56.4. The Labute approximate surface area is 564 Å². The van der Waals surface area contributed by atoms with Gasteiger partial charge < -0.3 is 44.8 Å².